The topological polar surface area (TPSA) is 73.2 Å². The van der Waals surface area contributed by atoms with Gasteiger partial charge in [0.25, 0.3) is 0 Å². The van der Waals surface area contributed by atoms with Crippen molar-refractivity contribution in [1.82, 2.24) is 4.57 Å². The molecule has 0 unspecified atom stereocenters. The summed E-state index contributed by atoms with van der Waals surface area (Å²) in [7, 11) is -3.40. The lowest BCUT2D eigenvalue weighted by Gasteiger charge is -2.08. The largest absolute Gasteiger partial charge is 0.289 e. The highest BCUT2D eigenvalue weighted by molar-refractivity contribution is 7.91. The highest BCUT2D eigenvalue weighted by Gasteiger charge is 2.14. The third kappa shape index (κ3) is 3.42. The minimum Gasteiger partial charge on any atom is -0.289 e. The van der Waals surface area contributed by atoms with Crippen LogP contribution in [0.5, 0.6) is 0 Å². The number of fused-ring (bicyclic) bond motifs is 1. The van der Waals surface area contributed by atoms with Crippen LogP contribution in [0, 0.1) is 0 Å². The molecule has 0 aliphatic rings. The average Bonchev–Trinajstić information content (AvgIpc) is 2.27. The van der Waals surface area contributed by atoms with Crippen LogP contribution in [0.25, 0.3) is 10.9 Å². The number of halogens is 1. The minimum absolute atomic E-state index is 0. The zero-order valence-corrected chi connectivity index (χ0v) is 11.7. The van der Waals surface area contributed by atoms with Crippen LogP contribution >= 0.6 is 12.4 Å². The molecule has 0 radical (unpaired) electrons. The van der Waals surface area contributed by atoms with Crippen molar-refractivity contribution in [3.8, 4) is 0 Å². The normalized spacial score (nSPS) is 11.0. The molecule has 0 aliphatic heterocycles. The molecule has 1 aromatic carbocycles. The van der Waals surface area contributed by atoms with Gasteiger partial charge in [-0.2, -0.15) is 0 Å². The van der Waals surface area contributed by atoms with Crippen LogP contribution in [0.4, 0.5) is 0 Å². The van der Waals surface area contributed by atoms with Crippen molar-refractivity contribution in [3.63, 3.8) is 0 Å². The van der Waals surface area contributed by atoms with E-state index in [9.17, 15) is 18.0 Å². The first kappa shape index (κ1) is 15.4. The van der Waals surface area contributed by atoms with Gasteiger partial charge < -0.3 is 0 Å². The maximum Gasteiger partial charge on any atom is 0.246 e. The van der Waals surface area contributed by atoms with Crippen molar-refractivity contribution in [2.45, 2.75) is 0 Å². The van der Waals surface area contributed by atoms with Gasteiger partial charge in [0.1, 0.15) is 5.75 Å². The smallest absolute Gasteiger partial charge is 0.246 e. The van der Waals surface area contributed by atoms with Crippen molar-refractivity contribution >= 4 is 39.1 Å². The van der Waals surface area contributed by atoms with E-state index in [0.29, 0.717) is 10.9 Å². The lowest BCUT2D eigenvalue weighted by atomic mass is 10.2. The van der Waals surface area contributed by atoms with Gasteiger partial charge in [0.05, 0.1) is 5.52 Å². The van der Waals surface area contributed by atoms with Gasteiger partial charge in [0.2, 0.25) is 5.91 Å². The lowest BCUT2D eigenvalue weighted by molar-refractivity contribution is 0.0944. The Morgan fingerprint density at radius 2 is 1.84 bits per heavy atom. The summed E-state index contributed by atoms with van der Waals surface area (Å²) in [6.07, 6.45) is 2.30. The Morgan fingerprint density at radius 3 is 2.47 bits per heavy atom. The summed E-state index contributed by atoms with van der Waals surface area (Å²) in [4.78, 5) is 23.5. The van der Waals surface area contributed by atoms with Gasteiger partial charge in [-0.05, 0) is 12.1 Å². The van der Waals surface area contributed by atoms with E-state index in [0.717, 1.165) is 6.26 Å². The minimum atomic E-state index is -3.40. The number of nitrogens with zero attached hydrogens (tertiary/aromatic N) is 1. The van der Waals surface area contributed by atoms with Gasteiger partial charge in [0.15, 0.2) is 15.3 Å². The Kier molecular flexibility index (Phi) is 4.49. The molecule has 0 bridgehead atoms. The molecule has 7 heteroatoms. The monoisotopic (exact) mass is 301 g/mol. The number of hydrogen-bond acceptors (Lipinski definition) is 4. The maximum atomic E-state index is 11.9. The lowest BCUT2D eigenvalue weighted by Crippen LogP contribution is -2.22. The average molecular weight is 302 g/mol. The molecule has 0 aliphatic carbocycles. The van der Waals surface area contributed by atoms with E-state index in [1.54, 1.807) is 24.3 Å². The van der Waals surface area contributed by atoms with Gasteiger partial charge in [-0.25, -0.2) is 8.42 Å². The molecule has 0 amide bonds. The van der Waals surface area contributed by atoms with E-state index < -0.39 is 21.5 Å². The molecular formula is C12H12ClNO4S. The molecule has 0 saturated carbocycles. The second kappa shape index (κ2) is 5.54. The molecule has 0 saturated heterocycles. The molecule has 5 nitrogen and oxygen atoms in total. The molecule has 2 aromatic rings. The van der Waals surface area contributed by atoms with Gasteiger partial charge in [-0.15, -0.1) is 12.4 Å². The third-order valence-corrected chi connectivity index (χ3v) is 3.23. The van der Waals surface area contributed by atoms with E-state index in [4.69, 9.17) is 0 Å². The van der Waals surface area contributed by atoms with Crippen molar-refractivity contribution in [2.75, 3.05) is 12.0 Å². The number of aromatic nitrogens is 1. The summed E-state index contributed by atoms with van der Waals surface area (Å²) >= 11 is 0. The summed E-state index contributed by atoms with van der Waals surface area (Å²) in [6.45, 7) is 0. The van der Waals surface area contributed by atoms with Gasteiger partial charge in [-0.3, -0.25) is 14.2 Å². The van der Waals surface area contributed by atoms with Gasteiger partial charge in [-0.1, -0.05) is 12.1 Å². The Hall–Kier alpha value is -1.66. The van der Waals surface area contributed by atoms with E-state index in [2.05, 4.69) is 0 Å². The van der Waals surface area contributed by atoms with E-state index in [1.165, 1.54) is 16.8 Å². The highest BCUT2D eigenvalue weighted by Crippen LogP contribution is 2.09. The number of carbonyl (C=O) groups excluding carboxylic acids is 1. The van der Waals surface area contributed by atoms with Crippen LogP contribution in [-0.2, 0) is 9.84 Å². The predicted octanol–water partition coefficient (Wildman–Crippen LogP) is 1.11. The summed E-state index contributed by atoms with van der Waals surface area (Å²) in [5.41, 5.74) is 0.215. The zero-order chi connectivity index (χ0) is 13.3. The Bertz CT molecular complexity index is 780. The first-order chi connectivity index (χ1) is 8.38. The Labute approximate surface area is 116 Å². The summed E-state index contributed by atoms with van der Waals surface area (Å²) in [5.74, 6) is -1.16. The molecule has 2 rings (SSSR count). The summed E-state index contributed by atoms with van der Waals surface area (Å²) in [5, 5.41) is 0.391. The fourth-order valence-corrected chi connectivity index (χ4v) is 2.30. The van der Waals surface area contributed by atoms with E-state index >= 15 is 0 Å². The molecule has 0 fully saturated rings. The van der Waals surface area contributed by atoms with Crippen LogP contribution in [0.2, 0.25) is 0 Å². The molecule has 19 heavy (non-hydrogen) atoms. The van der Waals surface area contributed by atoms with Crippen LogP contribution in [0.3, 0.4) is 0 Å². The van der Waals surface area contributed by atoms with Crippen LogP contribution < -0.4 is 5.43 Å². The van der Waals surface area contributed by atoms with Crippen molar-refractivity contribution < 1.29 is 13.2 Å². The van der Waals surface area contributed by atoms with Crippen molar-refractivity contribution in [3.05, 3.63) is 46.8 Å². The fourth-order valence-electron chi connectivity index (χ4n) is 1.72. The molecule has 1 heterocycles. The number of pyridine rings is 1. The van der Waals surface area contributed by atoms with Gasteiger partial charge >= 0.3 is 0 Å². The van der Waals surface area contributed by atoms with Crippen LogP contribution in [-0.4, -0.2) is 30.9 Å². The van der Waals surface area contributed by atoms with Crippen LogP contribution in [0.15, 0.2) is 41.3 Å². The highest BCUT2D eigenvalue weighted by atomic mass is 35.5. The third-order valence-electron chi connectivity index (χ3n) is 2.46. The maximum absolute atomic E-state index is 11.9. The van der Waals surface area contributed by atoms with Crippen molar-refractivity contribution in [2.24, 2.45) is 0 Å². The fraction of sp³-hybridized carbons (Fsp3) is 0.167. The quantitative estimate of drug-likeness (QED) is 0.833. The first-order valence-corrected chi connectivity index (χ1v) is 7.26. The molecule has 102 valence electrons. The molecular weight excluding hydrogens is 290 g/mol. The molecule has 0 spiro atoms. The number of sulfone groups is 1. The van der Waals surface area contributed by atoms with Crippen LogP contribution in [0.1, 0.15) is 4.79 Å². The molecule has 1 aromatic heterocycles. The van der Waals surface area contributed by atoms with E-state index in [-0.39, 0.29) is 17.8 Å². The first-order valence-electron chi connectivity index (χ1n) is 5.20. The number of para-hydroxylation sites is 1. The second-order valence-corrected chi connectivity index (χ2v) is 6.17. The Balaban J connectivity index is 0.00000180. The standard InChI is InChI=1S/C12H11NO4S.ClH/c1-18(16,17)8-12(15)13-7-6-11(14)9-4-2-3-5-10(9)13;/h2-7H,8H2,1H3;1H. The summed E-state index contributed by atoms with van der Waals surface area (Å²) in [6, 6.07) is 7.84. The number of rotatable bonds is 2. The zero-order valence-electron chi connectivity index (χ0n) is 10.1. The Morgan fingerprint density at radius 1 is 1.21 bits per heavy atom. The number of carbonyl (C=O) groups is 1. The summed E-state index contributed by atoms with van der Waals surface area (Å²) < 4.78 is 23.4. The van der Waals surface area contributed by atoms with Gasteiger partial charge in [0, 0.05) is 23.9 Å². The SMILES string of the molecule is CS(=O)(=O)CC(=O)n1ccc(=O)c2ccccc21.Cl. The van der Waals surface area contributed by atoms with Crippen molar-refractivity contribution in [1.29, 1.82) is 0 Å². The number of benzene rings is 1. The predicted molar refractivity (Wildman–Crippen MR) is 75.8 cm³/mol. The molecule has 0 atom stereocenters. The second-order valence-electron chi connectivity index (χ2n) is 4.03. The number of hydrogen-bond donors (Lipinski definition) is 0. The molecule has 0 N–H and O–H groups in total. The van der Waals surface area contributed by atoms with E-state index in [1.807, 2.05) is 0 Å².